The number of aromatic nitrogens is 2. The summed E-state index contributed by atoms with van der Waals surface area (Å²) in [5, 5.41) is 8.63. The number of rotatable bonds is 2. The van der Waals surface area contributed by atoms with Crippen molar-refractivity contribution in [1.29, 1.82) is 0 Å². The van der Waals surface area contributed by atoms with Gasteiger partial charge in [-0.1, -0.05) is 11.6 Å². The smallest absolute Gasteiger partial charge is 0.128 e. The van der Waals surface area contributed by atoms with Gasteiger partial charge in [0.1, 0.15) is 10.4 Å². The standard InChI is InChI=1S/C11H8BrClN2O/c1-16-10-4-2-7(13)6-8(10)9-3-5-11(12)15-14-9/h2-6H,1H3. The minimum Gasteiger partial charge on any atom is -0.496 e. The van der Waals surface area contributed by atoms with Gasteiger partial charge in [-0.2, -0.15) is 0 Å². The Bertz CT molecular complexity index is 502. The quantitative estimate of drug-likeness (QED) is 0.850. The minimum atomic E-state index is 0.639. The van der Waals surface area contributed by atoms with E-state index in [2.05, 4.69) is 26.1 Å². The highest BCUT2D eigenvalue weighted by Gasteiger charge is 2.08. The van der Waals surface area contributed by atoms with Gasteiger partial charge in [-0.3, -0.25) is 0 Å². The number of hydrogen-bond donors (Lipinski definition) is 0. The average molecular weight is 300 g/mol. The Kier molecular flexibility index (Phi) is 3.41. The maximum atomic E-state index is 5.94. The minimum absolute atomic E-state index is 0.639. The van der Waals surface area contributed by atoms with Gasteiger partial charge in [0.2, 0.25) is 0 Å². The molecule has 2 rings (SSSR count). The molecule has 0 aliphatic rings. The van der Waals surface area contributed by atoms with Crippen LogP contribution in [-0.4, -0.2) is 17.3 Å². The molecule has 0 aliphatic carbocycles. The van der Waals surface area contributed by atoms with E-state index < -0.39 is 0 Å². The highest BCUT2D eigenvalue weighted by atomic mass is 79.9. The number of ether oxygens (including phenoxy) is 1. The van der Waals surface area contributed by atoms with Crippen molar-refractivity contribution in [3.8, 4) is 17.0 Å². The lowest BCUT2D eigenvalue weighted by atomic mass is 10.1. The van der Waals surface area contributed by atoms with Crippen LogP contribution in [0.15, 0.2) is 34.9 Å². The highest BCUT2D eigenvalue weighted by molar-refractivity contribution is 9.10. The fourth-order valence-corrected chi connectivity index (χ4v) is 1.72. The van der Waals surface area contributed by atoms with Crippen molar-refractivity contribution < 1.29 is 4.74 Å². The summed E-state index contributed by atoms with van der Waals surface area (Å²) < 4.78 is 5.94. The molecule has 0 saturated heterocycles. The summed E-state index contributed by atoms with van der Waals surface area (Å²) in [5.74, 6) is 0.723. The Balaban J connectivity index is 2.53. The van der Waals surface area contributed by atoms with Gasteiger partial charge in [0.25, 0.3) is 0 Å². The zero-order valence-corrected chi connectivity index (χ0v) is 10.8. The molecule has 3 nitrogen and oxygen atoms in total. The van der Waals surface area contributed by atoms with Crippen LogP contribution in [0.4, 0.5) is 0 Å². The second-order valence-corrected chi connectivity index (χ2v) is 4.33. The molecule has 0 unspecified atom stereocenters. The Hall–Kier alpha value is -1.13. The molecule has 0 spiro atoms. The van der Waals surface area contributed by atoms with Crippen molar-refractivity contribution >= 4 is 27.5 Å². The third kappa shape index (κ3) is 2.33. The van der Waals surface area contributed by atoms with Crippen molar-refractivity contribution in [3.05, 3.63) is 40.0 Å². The topological polar surface area (TPSA) is 35.0 Å². The summed E-state index contributed by atoms with van der Waals surface area (Å²) in [6, 6.07) is 9.06. The lowest BCUT2D eigenvalue weighted by Gasteiger charge is -2.07. The van der Waals surface area contributed by atoms with Crippen LogP contribution in [0.5, 0.6) is 5.75 Å². The molecule has 2 aromatic rings. The van der Waals surface area contributed by atoms with Crippen molar-refractivity contribution in [1.82, 2.24) is 10.2 Å². The maximum absolute atomic E-state index is 5.94. The summed E-state index contributed by atoms with van der Waals surface area (Å²) in [4.78, 5) is 0. The van der Waals surface area contributed by atoms with E-state index in [9.17, 15) is 0 Å². The van der Waals surface area contributed by atoms with Gasteiger partial charge < -0.3 is 4.74 Å². The van der Waals surface area contributed by atoms with Crippen molar-refractivity contribution in [3.63, 3.8) is 0 Å². The summed E-state index contributed by atoms with van der Waals surface area (Å²) in [5.41, 5.74) is 1.55. The SMILES string of the molecule is COc1ccc(Cl)cc1-c1ccc(Br)nn1. The van der Waals surface area contributed by atoms with E-state index in [4.69, 9.17) is 16.3 Å². The molecule has 0 amide bonds. The molecule has 0 N–H and O–H groups in total. The number of nitrogens with zero attached hydrogens (tertiary/aromatic N) is 2. The molecule has 5 heteroatoms. The monoisotopic (exact) mass is 298 g/mol. The first-order chi connectivity index (χ1) is 7.70. The molecule has 0 bridgehead atoms. The lowest BCUT2D eigenvalue weighted by molar-refractivity contribution is 0.416. The van der Waals surface area contributed by atoms with E-state index in [0.29, 0.717) is 9.63 Å². The normalized spacial score (nSPS) is 10.2. The first-order valence-corrected chi connectivity index (χ1v) is 5.71. The molecule has 1 heterocycles. The molecule has 0 atom stereocenters. The van der Waals surface area contributed by atoms with E-state index in [1.165, 1.54) is 0 Å². The summed E-state index contributed by atoms with van der Waals surface area (Å²) in [6.45, 7) is 0. The third-order valence-corrected chi connectivity index (χ3v) is 2.73. The van der Waals surface area contributed by atoms with Gasteiger partial charge in [0.15, 0.2) is 0 Å². The first-order valence-electron chi connectivity index (χ1n) is 4.54. The Morgan fingerprint density at radius 2 is 2.00 bits per heavy atom. The van der Waals surface area contributed by atoms with Crippen LogP contribution in [0.3, 0.4) is 0 Å². The van der Waals surface area contributed by atoms with Gasteiger partial charge in [0.05, 0.1) is 12.8 Å². The molecule has 0 radical (unpaired) electrons. The largest absolute Gasteiger partial charge is 0.496 e. The predicted molar refractivity (Wildman–Crippen MR) is 66.7 cm³/mol. The van der Waals surface area contributed by atoms with Crippen LogP contribution in [0, 0.1) is 0 Å². The average Bonchev–Trinajstić information content (AvgIpc) is 2.30. The molecule has 1 aromatic carbocycles. The van der Waals surface area contributed by atoms with Crippen LogP contribution in [0.25, 0.3) is 11.3 Å². The zero-order chi connectivity index (χ0) is 11.5. The van der Waals surface area contributed by atoms with Crippen LogP contribution >= 0.6 is 27.5 Å². The molecular formula is C11H8BrClN2O. The third-order valence-electron chi connectivity index (χ3n) is 2.07. The summed E-state index contributed by atoms with van der Waals surface area (Å²) in [6.07, 6.45) is 0. The fourth-order valence-electron chi connectivity index (χ4n) is 1.34. The molecule has 0 saturated carbocycles. The van der Waals surface area contributed by atoms with E-state index in [0.717, 1.165) is 17.0 Å². The number of methoxy groups -OCH3 is 1. The number of hydrogen-bond acceptors (Lipinski definition) is 3. The highest BCUT2D eigenvalue weighted by Crippen LogP contribution is 2.31. The van der Waals surface area contributed by atoms with Crippen LogP contribution < -0.4 is 4.74 Å². The van der Waals surface area contributed by atoms with Crippen molar-refractivity contribution in [2.45, 2.75) is 0 Å². The summed E-state index contributed by atoms with van der Waals surface area (Å²) >= 11 is 9.18. The Morgan fingerprint density at radius 1 is 1.19 bits per heavy atom. The predicted octanol–water partition coefficient (Wildman–Crippen LogP) is 3.57. The molecule has 82 valence electrons. The lowest BCUT2D eigenvalue weighted by Crippen LogP contribution is -1.92. The van der Waals surface area contributed by atoms with Crippen LogP contribution in [0.1, 0.15) is 0 Å². The molecule has 16 heavy (non-hydrogen) atoms. The number of benzene rings is 1. The molecule has 0 aliphatic heterocycles. The Labute approximate surface area is 107 Å². The van der Waals surface area contributed by atoms with E-state index in [1.54, 1.807) is 25.3 Å². The maximum Gasteiger partial charge on any atom is 0.128 e. The van der Waals surface area contributed by atoms with E-state index in [1.807, 2.05) is 12.1 Å². The first kappa shape index (κ1) is 11.4. The second kappa shape index (κ2) is 4.80. The van der Waals surface area contributed by atoms with Gasteiger partial charge in [0, 0.05) is 10.6 Å². The van der Waals surface area contributed by atoms with Crippen LogP contribution in [0.2, 0.25) is 5.02 Å². The van der Waals surface area contributed by atoms with E-state index >= 15 is 0 Å². The zero-order valence-electron chi connectivity index (χ0n) is 8.45. The van der Waals surface area contributed by atoms with Crippen molar-refractivity contribution in [2.75, 3.05) is 7.11 Å². The van der Waals surface area contributed by atoms with Crippen LogP contribution in [-0.2, 0) is 0 Å². The van der Waals surface area contributed by atoms with Gasteiger partial charge in [-0.25, -0.2) is 0 Å². The van der Waals surface area contributed by atoms with Gasteiger partial charge >= 0.3 is 0 Å². The molecule has 0 fully saturated rings. The fraction of sp³-hybridized carbons (Fsp3) is 0.0909. The van der Waals surface area contributed by atoms with E-state index in [-0.39, 0.29) is 0 Å². The Morgan fingerprint density at radius 3 is 2.62 bits per heavy atom. The van der Waals surface area contributed by atoms with Crippen molar-refractivity contribution in [2.24, 2.45) is 0 Å². The number of halogens is 2. The van der Waals surface area contributed by atoms with Gasteiger partial charge in [-0.15, -0.1) is 10.2 Å². The molecule has 1 aromatic heterocycles. The van der Waals surface area contributed by atoms with Gasteiger partial charge in [-0.05, 0) is 46.3 Å². The summed E-state index contributed by atoms with van der Waals surface area (Å²) in [7, 11) is 1.61. The molecular weight excluding hydrogens is 291 g/mol. The second-order valence-electron chi connectivity index (χ2n) is 3.09.